The minimum absolute atomic E-state index is 0.241. The Labute approximate surface area is 104 Å². The molecule has 4 nitrogen and oxygen atoms in total. The molecule has 0 spiro atoms. The van der Waals surface area contributed by atoms with E-state index in [-0.39, 0.29) is 6.61 Å². The van der Waals surface area contributed by atoms with Gasteiger partial charge in [0.2, 0.25) is 0 Å². The van der Waals surface area contributed by atoms with E-state index in [4.69, 9.17) is 9.47 Å². The molecule has 1 aliphatic rings. The highest BCUT2D eigenvalue weighted by Gasteiger charge is 2.45. The van der Waals surface area contributed by atoms with Gasteiger partial charge in [-0.1, -0.05) is 25.6 Å². The molecule has 17 heavy (non-hydrogen) atoms. The molecule has 0 saturated carbocycles. The fourth-order valence-corrected chi connectivity index (χ4v) is 2.03. The first-order valence-corrected chi connectivity index (χ1v) is 9.27. The fraction of sp³-hybridized carbons (Fsp3) is 0.833. The third kappa shape index (κ3) is 4.09. The van der Waals surface area contributed by atoms with Crippen LogP contribution in [-0.4, -0.2) is 49.0 Å². The van der Waals surface area contributed by atoms with E-state index in [1.807, 2.05) is 0 Å². The third-order valence-electron chi connectivity index (χ3n) is 2.44. The first-order valence-electron chi connectivity index (χ1n) is 5.77. The highest BCUT2D eigenvalue weighted by molar-refractivity contribution is 6.83. The van der Waals surface area contributed by atoms with Gasteiger partial charge in [-0.2, -0.15) is 0 Å². The maximum absolute atomic E-state index is 10.3. The number of hydrogen-bond acceptors (Lipinski definition) is 4. The van der Waals surface area contributed by atoms with E-state index < -0.39 is 32.2 Å². The van der Waals surface area contributed by atoms with E-state index in [2.05, 4.69) is 31.1 Å². The van der Waals surface area contributed by atoms with Crippen LogP contribution in [0.2, 0.25) is 19.6 Å². The van der Waals surface area contributed by atoms with Crippen molar-refractivity contribution in [3.63, 3.8) is 0 Å². The van der Waals surface area contributed by atoms with Gasteiger partial charge in [-0.3, -0.25) is 0 Å². The summed E-state index contributed by atoms with van der Waals surface area (Å²) in [5.41, 5.74) is 1.53. The lowest BCUT2D eigenvalue weighted by Gasteiger charge is -2.27. The second-order valence-electron chi connectivity index (χ2n) is 5.90. The summed E-state index contributed by atoms with van der Waals surface area (Å²) in [7, 11) is -1.60. The SMILES string of the molecule is CC1(C)OC[C@H]([C@@](O)(C#C[Si](C)(C)C)CO)O1. The molecule has 5 heteroatoms. The van der Waals surface area contributed by atoms with Crippen molar-refractivity contribution < 1.29 is 19.7 Å². The quantitative estimate of drug-likeness (QED) is 0.566. The van der Waals surface area contributed by atoms with Gasteiger partial charge < -0.3 is 19.7 Å². The van der Waals surface area contributed by atoms with Crippen LogP contribution < -0.4 is 0 Å². The van der Waals surface area contributed by atoms with Gasteiger partial charge in [-0.15, -0.1) is 5.54 Å². The van der Waals surface area contributed by atoms with Crippen molar-refractivity contribution in [1.29, 1.82) is 0 Å². The van der Waals surface area contributed by atoms with Gasteiger partial charge in [0.1, 0.15) is 14.2 Å². The molecule has 0 aromatic carbocycles. The second-order valence-corrected chi connectivity index (χ2v) is 10.6. The maximum atomic E-state index is 10.3. The van der Waals surface area contributed by atoms with Crippen LogP contribution in [0, 0.1) is 11.5 Å². The monoisotopic (exact) mass is 258 g/mol. The van der Waals surface area contributed by atoms with Crippen molar-refractivity contribution in [2.24, 2.45) is 0 Å². The first-order chi connectivity index (χ1) is 7.58. The minimum Gasteiger partial charge on any atom is -0.392 e. The van der Waals surface area contributed by atoms with Crippen LogP contribution in [0.25, 0.3) is 0 Å². The van der Waals surface area contributed by atoms with E-state index in [0.29, 0.717) is 0 Å². The summed E-state index contributed by atoms with van der Waals surface area (Å²) in [5, 5.41) is 19.6. The van der Waals surface area contributed by atoms with E-state index in [1.54, 1.807) is 13.8 Å². The fourth-order valence-electron chi connectivity index (χ4n) is 1.44. The molecule has 2 atom stereocenters. The Kier molecular flexibility index (Phi) is 4.07. The van der Waals surface area contributed by atoms with Crippen LogP contribution in [-0.2, 0) is 9.47 Å². The van der Waals surface area contributed by atoms with Crippen molar-refractivity contribution in [3.05, 3.63) is 0 Å². The van der Waals surface area contributed by atoms with Crippen molar-refractivity contribution in [1.82, 2.24) is 0 Å². The lowest BCUT2D eigenvalue weighted by atomic mass is 10.00. The van der Waals surface area contributed by atoms with Gasteiger partial charge in [-0.25, -0.2) is 0 Å². The van der Waals surface area contributed by atoms with E-state index >= 15 is 0 Å². The zero-order valence-corrected chi connectivity index (χ0v) is 12.2. The van der Waals surface area contributed by atoms with Crippen molar-refractivity contribution >= 4 is 8.07 Å². The summed E-state index contributed by atoms with van der Waals surface area (Å²) in [6, 6.07) is 0. The molecule has 0 radical (unpaired) electrons. The van der Waals surface area contributed by atoms with Gasteiger partial charge in [0, 0.05) is 0 Å². The molecule has 1 heterocycles. The van der Waals surface area contributed by atoms with Crippen molar-refractivity contribution in [2.75, 3.05) is 13.2 Å². The van der Waals surface area contributed by atoms with Gasteiger partial charge >= 0.3 is 0 Å². The summed E-state index contributed by atoms with van der Waals surface area (Å²) in [6.07, 6.45) is -0.605. The minimum atomic E-state index is -1.60. The number of ether oxygens (including phenoxy) is 2. The molecular formula is C12H22O4Si. The molecule has 1 saturated heterocycles. The Balaban J connectivity index is 2.86. The average Bonchev–Trinajstić information content (AvgIpc) is 2.55. The summed E-state index contributed by atoms with van der Waals surface area (Å²) >= 11 is 0. The summed E-state index contributed by atoms with van der Waals surface area (Å²) < 4.78 is 10.9. The lowest BCUT2D eigenvalue weighted by Crippen LogP contribution is -2.47. The molecule has 2 N–H and O–H groups in total. The molecular weight excluding hydrogens is 236 g/mol. The van der Waals surface area contributed by atoms with E-state index in [0.717, 1.165) is 0 Å². The molecule has 1 rings (SSSR count). The molecule has 0 aromatic rings. The predicted molar refractivity (Wildman–Crippen MR) is 68.1 cm³/mol. The van der Waals surface area contributed by atoms with Gasteiger partial charge in [0.15, 0.2) is 11.4 Å². The van der Waals surface area contributed by atoms with Gasteiger partial charge in [0.05, 0.1) is 13.2 Å². The van der Waals surface area contributed by atoms with E-state index in [1.165, 1.54) is 0 Å². The Morgan fingerprint density at radius 3 is 2.35 bits per heavy atom. The smallest absolute Gasteiger partial charge is 0.176 e. The topological polar surface area (TPSA) is 58.9 Å². The highest BCUT2D eigenvalue weighted by Crippen LogP contribution is 2.28. The summed E-state index contributed by atoms with van der Waals surface area (Å²) in [5.74, 6) is 2.05. The Bertz CT molecular complexity index is 337. The number of rotatable bonds is 2. The largest absolute Gasteiger partial charge is 0.392 e. The molecule has 0 aromatic heterocycles. The number of aliphatic hydroxyl groups is 2. The Morgan fingerprint density at radius 1 is 1.41 bits per heavy atom. The van der Waals surface area contributed by atoms with Crippen molar-refractivity contribution in [3.8, 4) is 11.5 Å². The zero-order chi connectivity index (χ0) is 13.3. The van der Waals surface area contributed by atoms with Crippen molar-refractivity contribution in [2.45, 2.75) is 51.0 Å². The molecule has 1 aliphatic heterocycles. The maximum Gasteiger partial charge on any atom is 0.176 e. The van der Waals surface area contributed by atoms with Gasteiger partial charge in [0.25, 0.3) is 0 Å². The van der Waals surface area contributed by atoms with Crippen LogP contribution in [0.5, 0.6) is 0 Å². The standard InChI is InChI=1S/C12H22O4Si/c1-11(2)15-8-10(16-11)12(14,9-13)6-7-17(3,4)5/h10,13-14H,8-9H2,1-5H3/t10-,12-/m1/s1. The van der Waals surface area contributed by atoms with Crippen LogP contribution in [0.15, 0.2) is 0 Å². The average molecular weight is 258 g/mol. The Hall–Kier alpha value is -0.383. The van der Waals surface area contributed by atoms with Gasteiger partial charge in [-0.05, 0) is 13.8 Å². The Morgan fingerprint density at radius 2 is 2.00 bits per heavy atom. The normalized spacial score (nSPS) is 27.1. The number of hydrogen-bond donors (Lipinski definition) is 2. The molecule has 0 amide bonds. The highest BCUT2D eigenvalue weighted by atomic mass is 28.3. The summed E-state index contributed by atoms with van der Waals surface area (Å²) in [6.45, 7) is 9.57. The van der Waals surface area contributed by atoms with Crippen LogP contribution >= 0.6 is 0 Å². The molecule has 0 aliphatic carbocycles. The molecule has 98 valence electrons. The predicted octanol–water partition coefficient (Wildman–Crippen LogP) is 0.742. The number of aliphatic hydroxyl groups excluding tert-OH is 1. The van der Waals surface area contributed by atoms with Crippen LogP contribution in [0.1, 0.15) is 13.8 Å². The third-order valence-corrected chi connectivity index (χ3v) is 3.31. The lowest BCUT2D eigenvalue weighted by molar-refractivity contribution is -0.164. The molecule has 0 unspecified atom stereocenters. The second kappa shape index (κ2) is 4.71. The molecule has 1 fully saturated rings. The molecule has 0 bridgehead atoms. The van der Waals surface area contributed by atoms with Crippen LogP contribution in [0.3, 0.4) is 0 Å². The van der Waals surface area contributed by atoms with E-state index in [9.17, 15) is 10.2 Å². The zero-order valence-electron chi connectivity index (χ0n) is 11.2. The summed E-state index contributed by atoms with van der Waals surface area (Å²) in [4.78, 5) is 0. The first kappa shape index (κ1) is 14.7. The van der Waals surface area contributed by atoms with Crippen LogP contribution in [0.4, 0.5) is 0 Å².